The Bertz CT molecular complexity index is 549. The molecular formula is C19H26N2. The van der Waals surface area contributed by atoms with Crippen LogP contribution in [0.15, 0.2) is 48.5 Å². The third-order valence-electron chi connectivity index (χ3n) is 3.69. The van der Waals surface area contributed by atoms with Crippen LogP contribution in [0.5, 0.6) is 0 Å². The van der Waals surface area contributed by atoms with Gasteiger partial charge >= 0.3 is 0 Å². The average molecular weight is 282 g/mol. The molecule has 0 radical (unpaired) electrons. The zero-order valence-corrected chi connectivity index (χ0v) is 13.4. The number of aryl methyl sites for hydroxylation is 1. The molecular weight excluding hydrogens is 256 g/mol. The van der Waals surface area contributed by atoms with Crippen molar-refractivity contribution < 1.29 is 0 Å². The normalized spacial score (nSPS) is 10.6. The SMILES string of the molecule is CCCNCc1ccc(N(CC)c2ccccc2)c(C)c1. The van der Waals surface area contributed by atoms with E-state index in [0.717, 1.165) is 19.6 Å². The molecule has 2 rings (SSSR count). The predicted octanol–water partition coefficient (Wildman–Crippen LogP) is 4.65. The molecule has 1 N–H and O–H groups in total. The Morgan fingerprint density at radius 2 is 1.76 bits per heavy atom. The lowest BCUT2D eigenvalue weighted by Crippen LogP contribution is -2.18. The molecule has 112 valence electrons. The molecule has 0 saturated heterocycles. The molecule has 0 aliphatic heterocycles. The Kier molecular flexibility index (Phi) is 5.82. The molecule has 0 amide bonds. The van der Waals surface area contributed by atoms with Gasteiger partial charge in [-0.1, -0.05) is 37.3 Å². The summed E-state index contributed by atoms with van der Waals surface area (Å²) in [6, 6.07) is 17.4. The van der Waals surface area contributed by atoms with Crippen molar-refractivity contribution >= 4 is 11.4 Å². The van der Waals surface area contributed by atoms with E-state index in [4.69, 9.17) is 0 Å². The summed E-state index contributed by atoms with van der Waals surface area (Å²) in [5, 5.41) is 3.46. The van der Waals surface area contributed by atoms with Crippen molar-refractivity contribution in [3.8, 4) is 0 Å². The maximum Gasteiger partial charge on any atom is 0.0440 e. The van der Waals surface area contributed by atoms with E-state index in [0.29, 0.717) is 0 Å². The highest BCUT2D eigenvalue weighted by Gasteiger charge is 2.09. The fourth-order valence-electron chi connectivity index (χ4n) is 2.64. The average Bonchev–Trinajstić information content (AvgIpc) is 2.51. The van der Waals surface area contributed by atoms with Gasteiger partial charge in [0.2, 0.25) is 0 Å². The Morgan fingerprint density at radius 1 is 1.00 bits per heavy atom. The molecule has 0 bridgehead atoms. The summed E-state index contributed by atoms with van der Waals surface area (Å²) < 4.78 is 0. The van der Waals surface area contributed by atoms with Crippen LogP contribution in [0.25, 0.3) is 0 Å². The summed E-state index contributed by atoms with van der Waals surface area (Å²) in [4.78, 5) is 2.36. The second kappa shape index (κ2) is 7.84. The summed E-state index contributed by atoms with van der Waals surface area (Å²) in [5.41, 5.74) is 5.23. The molecule has 21 heavy (non-hydrogen) atoms. The molecule has 0 fully saturated rings. The van der Waals surface area contributed by atoms with Crippen molar-refractivity contribution in [1.82, 2.24) is 5.32 Å². The topological polar surface area (TPSA) is 15.3 Å². The molecule has 2 nitrogen and oxygen atoms in total. The molecule has 0 unspecified atom stereocenters. The molecule has 2 heteroatoms. The van der Waals surface area contributed by atoms with Gasteiger partial charge in [-0.2, -0.15) is 0 Å². The van der Waals surface area contributed by atoms with Crippen LogP contribution in [0.1, 0.15) is 31.4 Å². The van der Waals surface area contributed by atoms with Gasteiger partial charge in [0.1, 0.15) is 0 Å². The number of hydrogen-bond acceptors (Lipinski definition) is 2. The molecule has 0 saturated carbocycles. The molecule has 2 aromatic carbocycles. The van der Waals surface area contributed by atoms with Gasteiger partial charge in [0.05, 0.1) is 0 Å². The van der Waals surface area contributed by atoms with Crippen molar-refractivity contribution in [2.45, 2.75) is 33.7 Å². The largest absolute Gasteiger partial charge is 0.342 e. The van der Waals surface area contributed by atoms with Crippen LogP contribution in [-0.4, -0.2) is 13.1 Å². The van der Waals surface area contributed by atoms with Gasteiger partial charge in [-0.15, -0.1) is 0 Å². The van der Waals surface area contributed by atoms with Gasteiger partial charge < -0.3 is 10.2 Å². The molecule has 0 heterocycles. The van der Waals surface area contributed by atoms with E-state index in [-0.39, 0.29) is 0 Å². The fourth-order valence-corrected chi connectivity index (χ4v) is 2.64. The fraction of sp³-hybridized carbons (Fsp3) is 0.368. The smallest absolute Gasteiger partial charge is 0.0440 e. The minimum Gasteiger partial charge on any atom is -0.342 e. The van der Waals surface area contributed by atoms with Gasteiger partial charge in [0.15, 0.2) is 0 Å². The molecule has 0 aliphatic carbocycles. The van der Waals surface area contributed by atoms with Gasteiger partial charge in [-0.25, -0.2) is 0 Å². The summed E-state index contributed by atoms with van der Waals surface area (Å²) >= 11 is 0. The Balaban J connectivity index is 2.19. The summed E-state index contributed by atoms with van der Waals surface area (Å²) in [6.07, 6.45) is 1.18. The Hall–Kier alpha value is -1.80. The summed E-state index contributed by atoms with van der Waals surface area (Å²) in [5.74, 6) is 0. The summed E-state index contributed by atoms with van der Waals surface area (Å²) in [6.45, 7) is 9.59. The molecule has 0 aliphatic rings. The van der Waals surface area contributed by atoms with Crippen molar-refractivity contribution in [2.75, 3.05) is 18.0 Å². The van der Waals surface area contributed by atoms with E-state index in [2.05, 4.69) is 79.5 Å². The standard InChI is InChI=1S/C19H26N2/c1-4-13-20-15-17-11-12-19(16(3)14-17)21(5-2)18-9-7-6-8-10-18/h6-12,14,20H,4-5,13,15H2,1-3H3. The zero-order chi connectivity index (χ0) is 15.1. The van der Waals surface area contributed by atoms with Crippen LogP contribution in [0.3, 0.4) is 0 Å². The predicted molar refractivity (Wildman–Crippen MR) is 92.3 cm³/mol. The third kappa shape index (κ3) is 4.08. The minimum atomic E-state index is 0.951. The third-order valence-corrected chi connectivity index (χ3v) is 3.69. The van der Waals surface area contributed by atoms with Gasteiger partial charge in [-0.05, 0) is 56.1 Å². The molecule has 0 spiro atoms. The Morgan fingerprint density at radius 3 is 2.38 bits per heavy atom. The maximum atomic E-state index is 3.46. The van der Waals surface area contributed by atoms with E-state index in [1.54, 1.807) is 0 Å². The van der Waals surface area contributed by atoms with Gasteiger partial charge in [-0.3, -0.25) is 0 Å². The number of benzene rings is 2. The first-order valence-electron chi connectivity index (χ1n) is 7.89. The number of nitrogens with zero attached hydrogens (tertiary/aromatic N) is 1. The van der Waals surface area contributed by atoms with E-state index in [1.165, 1.54) is 28.9 Å². The highest BCUT2D eigenvalue weighted by molar-refractivity contribution is 5.66. The monoisotopic (exact) mass is 282 g/mol. The van der Waals surface area contributed by atoms with E-state index in [1.807, 2.05) is 0 Å². The molecule has 0 aromatic heterocycles. The van der Waals surface area contributed by atoms with Crippen LogP contribution in [0.4, 0.5) is 11.4 Å². The number of nitrogens with one attached hydrogen (secondary N) is 1. The first kappa shape index (κ1) is 15.6. The first-order chi connectivity index (χ1) is 10.3. The second-order valence-electron chi connectivity index (χ2n) is 5.38. The zero-order valence-electron chi connectivity index (χ0n) is 13.4. The number of para-hydroxylation sites is 1. The highest BCUT2D eigenvalue weighted by atomic mass is 15.1. The van der Waals surface area contributed by atoms with Crippen LogP contribution >= 0.6 is 0 Å². The van der Waals surface area contributed by atoms with Gasteiger partial charge in [0.25, 0.3) is 0 Å². The van der Waals surface area contributed by atoms with Crippen molar-refractivity contribution in [2.24, 2.45) is 0 Å². The van der Waals surface area contributed by atoms with Crippen LogP contribution in [0, 0.1) is 6.92 Å². The number of rotatable bonds is 7. The lowest BCUT2D eigenvalue weighted by molar-refractivity contribution is 0.675. The number of anilines is 2. The lowest BCUT2D eigenvalue weighted by atomic mass is 10.1. The summed E-state index contributed by atoms with van der Waals surface area (Å²) in [7, 11) is 0. The first-order valence-corrected chi connectivity index (χ1v) is 7.89. The second-order valence-corrected chi connectivity index (χ2v) is 5.38. The van der Waals surface area contributed by atoms with Crippen molar-refractivity contribution in [3.63, 3.8) is 0 Å². The maximum absolute atomic E-state index is 3.46. The Labute approximate surface area is 128 Å². The van der Waals surface area contributed by atoms with Gasteiger partial charge in [0, 0.05) is 24.5 Å². The number of hydrogen-bond donors (Lipinski definition) is 1. The minimum absolute atomic E-state index is 0.951. The van der Waals surface area contributed by atoms with E-state index < -0.39 is 0 Å². The highest BCUT2D eigenvalue weighted by Crippen LogP contribution is 2.28. The molecule has 2 aromatic rings. The van der Waals surface area contributed by atoms with Crippen LogP contribution in [-0.2, 0) is 6.54 Å². The van der Waals surface area contributed by atoms with E-state index in [9.17, 15) is 0 Å². The molecule has 0 atom stereocenters. The van der Waals surface area contributed by atoms with Crippen LogP contribution < -0.4 is 10.2 Å². The van der Waals surface area contributed by atoms with Crippen molar-refractivity contribution in [1.29, 1.82) is 0 Å². The van der Waals surface area contributed by atoms with E-state index >= 15 is 0 Å². The van der Waals surface area contributed by atoms with Crippen LogP contribution in [0.2, 0.25) is 0 Å². The quantitative estimate of drug-likeness (QED) is 0.743. The van der Waals surface area contributed by atoms with Crippen molar-refractivity contribution in [3.05, 3.63) is 59.7 Å². The lowest BCUT2D eigenvalue weighted by Gasteiger charge is -2.25.